The van der Waals surface area contributed by atoms with E-state index in [1.165, 1.54) is 12.1 Å². The Morgan fingerprint density at radius 2 is 2.15 bits per heavy atom. The van der Waals surface area contributed by atoms with Gasteiger partial charge < -0.3 is 0 Å². The third-order valence-electron chi connectivity index (χ3n) is 2.47. The van der Waals surface area contributed by atoms with Gasteiger partial charge in [-0.15, -0.1) is 6.42 Å². The van der Waals surface area contributed by atoms with E-state index in [1.807, 2.05) is 0 Å². The molecule has 2 heteroatoms. The van der Waals surface area contributed by atoms with Crippen molar-refractivity contribution >= 4 is 15.9 Å². The Kier molecular flexibility index (Phi) is 1.92. The molecule has 0 aromatic heterocycles. The van der Waals surface area contributed by atoms with Crippen molar-refractivity contribution in [3.05, 3.63) is 34.1 Å². The van der Waals surface area contributed by atoms with Crippen LogP contribution < -0.4 is 0 Å². The Morgan fingerprint density at radius 1 is 1.46 bits per heavy atom. The molecule has 0 nitrogen and oxygen atoms in total. The van der Waals surface area contributed by atoms with E-state index < -0.39 is 0 Å². The Labute approximate surface area is 85.3 Å². The number of hydrogen-bond donors (Lipinski definition) is 0. The Bertz CT molecular complexity index is 386. The number of rotatable bonds is 1. The fourth-order valence-electron chi connectivity index (χ4n) is 1.48. The zero-order valence-electron chi connectivity index (χ0n) is 6.98. The molecule has 0 heterocycles. The van der Waals surface area contributed by atoms with Crippen LogP contribution in [-0.4, -0.2) is 0 Å². The van der Waals surface area contributed by atoms with Crippen LogP contribution in [-0.2, 0) is 5.41 Å². The molecule has 0 atom stereocenters. The molecule has 1 fully saturated rings. The molecule has 1 aromatic carbocycles. The predicted octanol–water partition coefficient (Wildman–Crippen LogP) is 3.25. The second kappa shape index (κ2) is 2.85. The van der Waals surface area contributed by atoms with E-state index in [2.05, 4.69) is 21.9 Å². The van der Waals surface area contributed by atoms with E-state index in [-0.39, 0.29) is 11.2 Å². The maximum atomic E-state index is 13.0. The van der Waals surface area contributed by atoms with Crippen LogP contribution >= 0.6 is 15.9 Å². The number of terminal acetylenes is 1. The Hall–Kier alpha value is -0.810. The summed E-state index contributed by atoms with van der Waals surface area (Å²) in [5.74, 6) is 2.52. The molecule has 0 amide bonds. The van der Waals surface area contributed by atoms with Crippen LogP contribution in [0, 0.1) is 18.2 Å². The van der Waals surface area contributed by atoms with E-state index in [0.29, 0.717) is 0 Å². The number of benzene rings is 1. The third kappa shape index (κ3) is 1.38. The average Bonchev–Trinajstić information content (AvgIpc) is 2.90. The molecule has 1 aromatic rings. The highest BCUT2D eigenvalue weighted by molar-refractivity contribution is 9.10. The van der Waals surface area contributed by atoms with Crippen LogP contribution in [0.25, 0.3) is 0 Å². The maximum Gasteiger partial charge on any atom is 0.123 e. The summed E-state index contributed by atoms with van der Waals surface area (Å²) in [7, 11) is 0. The highest BCUT2D eigenvalue weighted by atomic mass is 79.9. The molecule has 0 radical (unpaired) electrons. The van der Waals surface area contributed by atoms with Crippen molar-refractivity contribution in [3.8, 4) is 12.3 Å². The topological polar surface area (TPSA) is 0 Å². The summed E-state index contributed by atoms with van der Waals surface area (Å²) in [5, 5.41) is 0. The number of halogens is 2. The van der Waals surface area contributed by atoms with Gasteiger partial charge in [0.2, 0.25) is 0 Å². The summed E-state index contributed by atoms with van der Waals surface area (Å²) in [6.07, 6.45) is 7.35. The predicted molar refractivity (Wildman–Crippen MR) is 53.8 cm³/mol. The monoisotopic (exact) mass is 238 g/mol. The largest absolute Gasteiger partial charge is 0.207 e. The standard InChI is InChI=1S/C11H8BrF/c1-2-11(5-6-11)9-7-8(13)3-4-10(9)12/h1,3-4,7H,5-6H2. The first-order chi connectivity index (χ1) is 6.18. The SMILES string of the molecule is C#CC1(c2cc(F)ccc2Br)CC1. The minimum absolute atomic E-state index is 0.194. The van der Waals surface area contributed by atoms with E-state index >= 15 is 0 Å². The zero-order valence-corrected chi connectivity index (χ0v) is 8.57. The van der Waals surface area contributed by atoms with Crippen molar-refractivity contribution in [2.75, 3.05) is 0 Å². The summed E-state index contributed by atoms with van der Waals surface area (Å²) in [6.45, 7) is 0. The van der Waals surface area contributed by atoms with Crippen LogP contribution in [0.15, 0.2) is 22.7 Å². The van der Waals surface area contributed by atoms with Gasteiger partial charge in [0.1, 0.15) is 5.82 Å². The van der Waals surface area contributed by atoms with Crippen LogP contribution in [0.4, 0.5) is 4.39 Å². The highest BCUT2D eigenvalue weighted by Crippen LogP contribution is 2.49. The van der Waals surface area contributed by atoms with Gasteiger partial charge in [0.05, 0.1) is 5.41 Å². The second-order valence-electron chi connectivity index (χ2n) is 3.35. The zero-order chi connectivity index (χ0) is 9.47. The summed E-state index contributed by atoms with van der Waals surface area (Å²) in [6, 6.07) is 4.67. The number of hydrogen-bond acceptors (Lipinski definition) is 0. The minimum Gasteiger partial charge on any atom is -0.207 e. The first-order valence-corrected chi connectivity index (χ1v) is 4.90. The molecule has 0 saturated heterocycles. The summed E-state index contributed by atoms with van der Waals surface area (Å²) < 4.78 is 13.9. The molecule has 0 bridgehead atoms. The van der Waals surface area contributed by atoms with Crippen LogP contribution in [0.1, 0.15) is 18.4 Å². The molecule has 1 aliphatic carbocycles. The molecular formula is C11H8BrF. The lowest BCUT2D eigenvalue weighted by Gasteiger charge is -2.10. The molecule has 66 valence electrons. The quantitative estimate of drug-likeness (QED) is 0.660. The van der Waals surface area contributed by atoms with Gasteiger partial charge in [0.25, 0.3) is 0 Å². The first kappa shape index (κ1) is 8.77. The fraction of sp³-hybridized carbons (Fsp3) is 0.273. The molecule has 0 N–H and O–H groups in total. The summed E-state index contributed by atoms with van der Waals surface area (Å²) in [5.41, 5.74) is 0.719. The lowest BCUT2D eigenvalue weighted by molar-refractivity contribution is 0.623. The fourth-order valence-corrected chi connectivity index (χ4v) is 2.11. The molecule has 0 aliphatic heterocycles. The molecule has 0 unspecified atom stereocenters. The van der Waals surface area contributed by atoms with Gasteiger partial charge in [0.15, 0.2) is 0 Å². The third-order valence-corrected chi connectivity index (χ3v) is 3.16. The van der Waals surface area contributed by atoms with Crippen molar-refractivity contribution in [1.29, 1.82) is 0 Å². The van der Waals surface area contributed by atoms with Gasteiger partial charge in [-0.05, 0) is 36.6 Å². The van der Waals surface area contributed by atoms with Gasteiger partial charge in [-0.3, -0.25) is 0 Å². The van der Waals surface area contributed by atoms with Gasteiger partial charge in [-0.2, -0.15) is 0 Å². The molecular weight excluding hydrogens is 231 g/mol. The van der Waals surface area contributed by atoms with Crippen LogP contribution in [0.3, 0.4) is 0 Å². The molecule has 1 saturated carbocycles. The van der Waals surface area contributed by atoms with Gasteiger partial charge in [0, 0.05) is 4.47 Å². The highest BCUT2D eigenvalue weighted by Gasteiger charge is 2.43. The molecule has 1 aliphatic rings. The van der Waals surface area contributed by atoms with Crippen molar-refractivity contribution in [1.82, 2.24) is 0 Å². The Morgan fingerprint density at radius 3 is 2.69 bits per heavy atom. The van der Waals surface area contributed by atoms with Crippen molar-refractivity contribution in [2.45, 2.75) is 18.3 Å². The lowest BCUT2D eigenvalue weighted by atomic mass is 9.97. The van der Waals surface area contributed by atoms with E-state index in [0.717, 1.165) is 22.9 Å². The lowest BCUT2D eigenvalue weighted by Crippen LogP contribution is -2.03. The van der Waals surface area contributed by atoms with Crippen molar-refractivity contribution in [2.24, 2.45) is 0 Å². The van der Waals surface area contributed by atoms with E-state index in [4.69, 9.17) is 6.42 Å². The van der Waals surface area contributed by atoms with Gasteiger partial charge in [-0.25, -0.2) is 4.39 Å². The second-order valence-corrected chi connectivity index (χ2v) is 4.20. The maximum absolute atomic E-state index is 13.0. The molecule has 2 rings (SSSR count). The van der Waals surface area contributed by atoms with Crippen molar-refractivity contribution in [3.63, 3.8) is 0 Å². The van der Waals surface area contributed by atoms with E-state index in [1.54, 1.807) is 6.07 Å². The van der Waals surface area contributed by atoms with Crippen molar-refractivity contribution < 1.29 is 4.39 Å². The Balaban J connectivity index is 2.52. The van der Waals surface area contributed by atoms with E-state index in [9.17, 15) is 4.39 Å². The first-order valence-electron chi connectivity index (χ1n) is 4.11. The average molecular weight is 239 g/mol. The normalized spacial score (nSPS) is 17.9. The molecule has 13 heavy (non-hydrogen) atoms. The van der Waals surface area contributed by atoms with Crippen LogP contribution in [0.5, 0.6) is 0 Å². The molecule has 0 spiro atoms. The van der Waals surface area contributed by atoms with Gasteiger partial charge >= 0.3 is 0 Å². The van der Waals surface area contributed by atoms with Crippen LogP contribution in [0.2, 0.25) is 0 Å². The minimum atomic E-state index is -0.222. The smallest absolute Gasteiger partial charge is 0.123 e. The summed E-state index contributed by atoms with van der Waals surface area (Å²) >= 11 is 3.38. The summed E-state index contributed by atoms with van der Waals surface area (Å²) in [4.78, 5) is 0. The van der Waals surface area contributed by atoms with Gasteiger partial charge in [-0.1, -0.05) is 21.9 Å².